The number of aromatic nitrogens is 1. The molecular formula is C9H15NOS. The van der Waals surface area contributed by atoms with E-state index < -0.39 is 0 Å². The molecule has 0 unspecified atom stereocenters. The van der Waals surface area contributed by atoms with E-state index in [4.69, 9.17) is 4.74 Å². The fraction of sp³-hybridized carbons (Fsp3) is 0.667. The highest BCUT2D eigenvalue weighted by Crippen LogP contribution is 2.33. The minimum Gasteiger partial charge on any atom is -0.486 e. The molecule has 2 nitrogen and oxygen atoms in total. The third-order valence-electron chi connectivity index (χ3n) is 2.15. The van der Waals surface area contributed by atoms with Gasteiger partial charge in [-0.3, -0.25) is 0 Å². The Morgan fingerprint density at radius 1 is 1.58 bits per heavy atom. The zero-order valence-electron chi connectivity index (χ0n) is 8.05. The topological polar surface area (TPSA) is 22.1 Å². The van der Waals surface area contributed by atoms with Crippen LogP contribution in [0.3, 0.4) is 0 Å². The van der Waals surface area contributed by atoms with Crippen molar-refractivity contribution >= 4 is 11.3 Å². The maximum Gasteiger partial charge on any atom is 0.193 e. The molecule has 1 aromatic heterocycles. The number of rotatable bonds is 3. The van der Waals surface area contributed by atoms with Crippen molar-refractivity contribution < 1.29 is 4.74 Å². The number of nitrogens with zero attached hydrogens (tertiary/aromatic N) is 1. The zero-order chi connectivity index (χ0) is 9.19. The van der Waals surface area contributed by atoms with Gasteiger partial charge >= 0.3 is 0 Å². The third-order valence-corrected chi connectivity index (χ3v) is 3.47. The van der Waals surface area contributed by atoms with E-state index in [1.165, 1.54) is 0 Å². The smallest absolute Gasteiger partial charge is 0.193 e. The molecule has 1 heterocycles. The zero-order valence-corrected chi connectivity index (χ0v) is 8.86. The summed E-state index contributed by atoms with van der Waals surface area (Å²) in [6.07, 6.45) is 2.89. The van der Waals surface area contributed by atoms with Gasteiger partial charge in [0, 0.05) is 5.41 Å². The lowest BCUT2D eigenvalue weighted by atomic mass is 9.91. The molecule has 0 N–H and O–H groups in total. The molecule has 0 aliphatic rings. The Labute approximate surface area is 77.6 Å². The van der Waals surface area contributed by atoms with Crippen molar-refractivity contribution in [3.05, 3.63) is 11.2 Å². The lowest BCUT2D eigenvalue weighted by molar-refractivity contribution is 0.426. The second-order valence-corrected chi connectivity index (χ2v) is 4.42. The summed E-state index contributed by atoms with van der Waals surface area (Å²) >= 11 is 1.63. The van der Waals surface area contributed by atoms with Gasteiger partial charge in [-0.2, -0.15) is 0 Å². The van der Waals surface area contributed by atoms with E-state index in [1.807, 2.05) is 0 Å². The molecule has 0 aromatic carbocycles. The fourth-order valence-corrected chi connectivity index (χ4v) is 1.72. The van der Waals surface area contributed by atoms with Crippen molar-refractivity contribution in [1.29, 1.82) is 0 Å². The second-order valence-electron chi connectivity index (χ2n) is 3.43. The van der Waals surface area contributed by atoms with Crippen LogP contribution in [0.4, 0.5) is 0 Å². The van der Waals surface area contributed by atoms with Crippen molar-refractivity contribution in [1.82, 2.24) is 4.98 Å². The van der Waals surface area contributed by atoms with Crippen LogP contribution in [0.15, 0.2) is 6.20 Å². The molecule has 0 amide bonds. The lowest BCUT2D eigenvalue weighted by Gasteiger charge is -2.18. The van der Waals surface area contributed by atoms with Gasteiger partial charge in [0.15, 0.2) is 5.06 Å². The molecule has 0 fully saturated rings. The van der Waals surface area contributed by atoms with E-state index in [1.54, 1.807) is 24.6 Å². The highest BCUT2D eigenvalue weighted by molar-refractivity contribution is 7.13. The van der Waals surface area contributed by atoms with Gasteiger partial charge in [-0.05, 0) is 6.42 Å². The molecule has 1 aromatic rings. The van der Waals surface area contributed by atoms with Crippen LogP contribution in [0.1, 0.15) is 32.2 Å². The van der Waals surface area contributed by atoms with E-state index in [-0.39, 0.29) is 5.41 Å². The summed E-state index contributed by atoms with van der Waals surface area (Å²) in [6.45, 7) is 6.57. The number of hydrogen-bond acceptors (Lipinski definition) is 3. The minimum atomic E-state index is 0.182. The van der Waals surface area contributed by atoms with Crippen molar-refractivity contribution in [2.75, 3.05) is 7.11 Å². The van der Waals surface area contributed by atoms with Crippen molar-refractivity contribution in [3.8, 4) is 5.06 Å². The lowest BCUT2D eigenvalue weighted by Crippen LogP contribution is -2.14. The van der Waals surface area contributed by atoms with Crippen LogP contribution in [0, 0.1) is 0 Å². The van der Waals surface area contributed by atoms with E-state index in [9.17, 15) is 0 Å². The highest BCUT2D eigenvalue weighted by Gasteiger charge is 2.21. The summed E-state index contributed by atoms with van der Waals surface area (Å²) in [5, 5.41) is 2.05. The quantitative estimate of drug-likeness (QED) is 0.722. The Hall–Kier alpha value is -0.570. The normalized spacial score (nSPS) is 11.7. The van der Waals surface area contributed by atoms with E-state index in [0.717, 1.165) is 16.5 Å². The van der Waals surface area contributed by atoms with Gasteiger partial charge in [-0.15, -0.1) is 0 Å². The minimum absolute atomic E-state index is 0.182. The average Bonchev–Trinajstić information content (AvgIpc) is 2.52. The standard InChI is InChI=1S/C9H15NOS/c1-5-9(2,3)8-10-6-7(11-4)12-8/h6H,5H2,1-4H3. The van der Waals surface area contributed by atoms with Gasteiger partial charge < -0.3 is 4.74 Å². The molecule has 1 rings (SSSR count). The number of thiazole rings is 1. The maximum atomic E-state index is 5.09. The van der Waals surface area contributed by atoms with Gasteiger partial charge in [0.2, 0.25) is 0 Å². The fourth-order valence-electron chi connectivity index (χ4n) is 0.818. The molecule has 0 bridgehead atoms. The number of ether oxygens (including phenoxy) is 1. The largest absolute Gasteiger partial charge is 0.486 e. The first-order valence-electron chi connectivity index (χ1n) is 4.10. The Morgan fingerprint density at radius 2 is 2.25 bits per heavy atom. The Balaban J connectivity index is 2.88. The van der Waals surface area contributed by atoms with Crippen LogP contribution in [0.5, 0.6) is 5.06 Å². The summed E-state index contributed by atoms with van der Waals surface area (Å²) in [7, 11) is 1.68. The predicted molar refractivity (Wildman–Crippen MR) is 52.0 cm³/mol. The molecule has 0 atom stereocenters. The van der Waals surface area contributed by atoms with Crippen molar-refractivity contribution in [3.63, 3.8) is 0 Å². The van der Waals surface area contributed by atoms with Gasteiger partial charge in [0.25, 0.3) is 0 Å². The number of methoxy groups -OCH3 is 1. The van der Waals surface area contributed by atoms with Crippen molar-refractivity contribution in [2.45, 2.75) is 32.6 Å². The summed E-state index contributed by atoms with van der Waals surface area (Å²) in [5.74, 6) is 0. The van der Waals surface area contributed by atoms with Gasteiger partial charge in [-0.25, -0.2) is 4.98 Å². The molecule has 0 saturated heterocycles. The van der Waals surface area contributed by atoms with Crippen molar-refractivity contribution in [2.24, 2.45) is 0 Å². The molecule has 0 aliphatic heterocycles. The molecule has 0 saturated carbocycles. The first-order chi connectivity index (χ1) is 5.60. The molecule has 12 heavy (non-hydrogen) atoms. The Bertz CT molecular complexity index is 255. The molecule has 0 aliphatic carbocycles. The SMILES string of the molecule is CCC(C)(C)c1ncc(OC)s1. The first kappa shape index (κ1) is 9.52. The number of hydrogen-bond donors (Lipinski definition) is 0. The van der Waals surface area contributed by atoms with Gasteiger partial charge in [0.05, 0.1) is 13.3 Å². The van der Waals surface area contributed by atoms with Crippen LogP contribution < -0.4 is 4.74 Å². The summed E-state index contributed by atoms with van der Waals surface area (Å²) in [4.78, 5) is 4.32. The highest BCUT2D eigenvalue weighted by atomic mass is 32.1. The molecule has 68 valence electrons. The Morgan fingerprint density at radius 3 is 2.67 bits per heavy atom. The van der Waals surface area contributed by atoms with Crippen LogP contribution in [-0.2, 0) is 5.41 Å². The van der Waals surface area contributed by atoms with Crippen LogP contribution in [0.25, 0.3) is 0 Å². The third kappa shape index (κ3) is 1.78. The monoisotopic (exact) mass is 185 g/mol. The molecule has 0 radical (unpaired) electrons. The Kier molecular flexibility index (Phi) is 2.73. The molecule has 0 spiro atoms. The summed E-state index contributed by atoms with van der Waals surface area (Å²) in [6, 6.07) is 0. The molecular weight excluding hydrogens is 170 g/mol. The average molecular weight is 185 g/mol. The van der Waals surface area contributed by atoms with Gasteiger partial charge in [0.1, 0.15) is 5.01 Å². The van der Waals surface area contributed by atoms with Crippen LogP contribution in [-0.4, -0.2) is 12.1 Å². The van der Waals surface area contributed by atoms with Crippen LogP contribution >= 0.6 is 11.3 Å². The summed E-state index contributed by atoms with van der Waals surface area (Å²) in [5.41, 5.74) is 0.182. The van der Waals surface area contributed by atoms with E-state index in [0.29, 0.717) is 0 Å². The maximum absolute atomic E-state index is 5.09. The van der Waals surface area contributed by atoms with E-state index in [2.05, 4.69) is 25.8 Å². The second kappa shape index (κ2) is 3.44. The van der Waals surface area contributed by atoms with Crippen LogP contribution in [0.2, 0.25) is 0 Å². The first-order valence-corrected chi connectivity index (χ1v) is 4.92. The predicted octanol–water partition coefficient (Wildman–Crippen LogP) is 2.84. The molecule has 3 heteroatoms. The van der Waals surface area contributed by atoms with E-state index >= 15 is 0 Å². The summed E-state index contributed by atoms with van der Waals surface area (Å²) < 4.78 is 5.09. The van der Waals surface area contributed by atoms with Gasteiger partial charge in [-0.1, -0.05) is 32.1 Å².